The quantitative estimate of drug-likeness (QED) is 0.345. The normalized spacial score (nSPS) is 10.8. The van der Waals surface area contributed by atoms with Crippen molar-refractivity contribution in [2.24, 2.45) is 0 Å². The number of aromatic nitrogens is 3. The van der Waals surface area contributed by atoms with Crippen molar-refractivity contribution in [2.75, 3.05) is 11.1 Å². The smallest absolute Gasteiger partial charge is 0.277 e. The predicted molar refractivity (Wildman–Crippen MR) is 106 cm³/mol. The molecular formula is C17H18N4OS3. The van der Waals surface area contributed by atoms with Crippen LogP contribution in [0, 0.1) is 6.92 Å². The van der Waals surface area contributed by atoms with E-state index in [2.05, 4.69) is 27.4 Å². The number of nitrogens with one attached hydrogen (secondary N) is 1. The summed E-state index contributed by atoms with van der Waals surface area (Å²) in [7, 11) is 0. The number of hydrogen-bond acceptors (Lipinski definition) is 7. The molecule has 0 aliphatic heterocycles. The van der Waals surface area contributed by atoms with Crippen molar-refractivity contribution in [3.05, 3.63) is 41.0 Å². The van der Waals surface area contributed by atoms with Crippen LogP contribution in [0.5, 0.6) is 0 Å². The molecule has 1 amide bonds. The maximum atomic E-state index is 12.7. The molecule has 0 unspecified atom stereocenters. The van der Waals surface area contributed by atoms with Gasteiger partial charge in [-0.1, -0.05) is 66.8 Å². The SMILES string of the molecule is CCCCSc1nnc(NC(=O)c2nc(C)sc2-c2ccccc2)s1. The van der Waals surface area contributed by atoms with Crippen LogP contribution in [0.3, 0.4) is 0 Å². The number of thiazole rings is 1. The molecule has 2 aromatic heterocycles. The number of nitrogens with zero attached hydrogens (tertiary/aromatic N) is 3. The topological polar surface area (TPSA) is 67.8 Å². The van der Waals surface area contributed by atoms with Gasteiger partial charge in [-0.05, 0) is 18.9 Å². The Balaban J connectivity index is 1.74. The lowest BCUT2D eigenvalue weighted by Gasteiger charge is -2.02. The maximum Gasteiger partial charge on any atom is 0.277 e. The molecule has 3 rings (SSSR count). The van der Waals surface area contributed by atoms with Crippen LogP contribution in [-0.4, -0.2) is 26.8 Å². The lowest BCUT2D eigenvalue weighted by atomic mass is 10.1. The maximum absolute atomic E-state index is 12.7. The van der Waals surface area contributed by atoms with Crippen molar-refractivity contribution in [3.63, 3.8) is 0 Å². The fraction of sp³-hybridized carbons (Fsp3) is 0.294. The summed E-state index contributed by atoms with van der Waals surface area (Å²) in [4.78, 5) is 17.9. The highest BCUT2D eigenvalue weighted by Gasteiger charge is 2.19. The molecule has 0 atom stereocenters. The highest BCUT2D eigenvalue weighted by molar-refractivity contribution is 8.01. The number of hydrogen-bond donors (Lipinski definition) is 1. The molecule has 0 aliphatic carbocycles. The second-order valence-corrected chi connectivity index (χ2v) is 8.83. The number of thioether (sulfide) groups is 1. The molecule has 1 aromatic carbocycles. The summed E-state index contributed by atoms with van der Waals surface area (Å²) in [6, 6.07) is 9.83. The molecule has 0 radical (unpaired) electrons. The van der Waals surface area contributed by atoms with E-state index in [0.29, 0.717) is 10.8 Å². The summed E-state index contributed by atoms with van der Waals surface area (Å²) in [5.74, 6) is 0.771. The van der Waals surface area contributed by atoms with Crippen LogP contribution in [0.25, 0.3) is 10.4 Å². The zero-order valence-corrected chi connectivity index (χ0v) is 16.4. The summed E-state index contributed by atoms with van der Waals surface area (Å²) in [6.45, 7) is 4.06. The van der Waals surface area contributed by atoms with Crippen LogP contribution >= 0.6 is 34.4 Å². The third kappa shape index (κ3) is 4.65. The number of carbonyl (C=O) groups excluding carboxylic acids is 1. The minimum atomic E-state index is -0.246. The molecule has 3 aromatic rings. The minimum absolute atomic E-state index is 0.246. The first-order chi connectivity index (χ1) is 12.2. The Morgan fingerprint density at radius 2 is 2.00 bits per heavy atom. The van der Waals surface area contributed by atoms with E-state index in [0.717, 1.165) is 38.4 Å². The van der Waals surface area contributed by atoms with Crippen LogP contribution in [0.2, 0.25) is 0 Å². The van der Waals surface area contributed by atoms with Gasteiger partial charge in [-0.3, -0.25) is 10.1 Å². The number of anilines is 1. The molecule has 0 saturated carbocycles. The highest BCUT2D eigenvalue weighted by atomic mass is 32.2. The number of unbranched alkanes of at least 4 members (excludes halogenated alkanes) is 1. The molecule has 0 fully saturated rings. The molecule has 130 valence electrons. The van der Waals surface area contributed by atoms with E-state index >= 15 is 0 Å². The van der Waals surface area contributed by atoms with Crippen LogP contribution < -0.4 is 5.32 Å². The average molecular weight is 391 g/mol. The second-order valence-electron chi connectivity index (χ2n) is 5.31. The van der Waals surface area contributed by atoms with Crippen LogP contribution in [-0.2, 0) is 0 Å². The molecule has 0 saturated heterocycles. The Morgan fingerprint density at radius 3 is 2.76 bits per heavy atom. The van der Waals surface area contributed by atoms with Gasteiger partial charge < -0.3 is 0 Å². The van der Waals surface area contributed by atoms with Crippen molar-refractivity contribution >= 4 is 45.5 Å². The summed E-state index contributed by atoms with van der Waals surface area (Å²) in [5.41, 5.74) is 1.43. The van der Waals surface area contributed by atoms with Gasteiger partial charge in [-0.2, -0.15) is 0 Å². The van der Waals surface area contributed by atoms with E-state index in [9.17, 15) is 4.79 Å². The van der Waals surface area contributed by atoms with Gasteiger partial charge in [0.1, 0.15) is 5.69 Å². The number of rotatable bonds is 7. The first kappa shape index (κ1) is 18.0. The Labute approximate surface area is 158 Å². The van der Waals surface area contributed by atoms with E-state index in [1.54, 1.807) is 11.8 Å². The summed E-state index contributed by atoms with van der Waals surface area (Å²) < 4.78 is 0.876. The van der Waals surface area contributed by atoms with Crippen LogP contribution in [0.1, 0.15) is 35.3 Å². The number of benzene rings is 1. The number of carbonyl (C=O) groups is 1. The predicted octanol–water partition coefficient (Wildman–Crippen LogP) is 5.11. The number of aryl methyl sites for hydroxylation is 1. The largest absolute Gasteiger partial charge is 0.295 e. The van der Waals surface area contributed by atoms with E-state index in [1.807, 2.05) is 37.3 Å². The first-order valence-electron chi connectivity index (χ1n) is 7.98. The van der Waals surface area contributed by atoms with E-state index in [-0.39, 0.29) is 5.91 Å². The summed E-state index contributed by atoms with van der Waals surface area (Å²) in [5, 5.41) is 12.4. The monoisotopic (exact) mass is 390 g/mol. The van der Waals surface area contributed by atoms with Crippen molar-refractivity contribution in [1.29, 1.82) is 0 Å². The molecule has 25 heavy (non-hydrogen) atoms. The van der Waals surface area contributed by atoms with Crippen molar-refractivity contribution in [1.82, 2.24) is 15.2 Å². The molecular weight excluding hydrogens is 372 g/mol. The van der Waals surface area contributed by atoms with E-state index in [1.165, 1.54) is 22.7 Å². The molecule has 1 N–H and O–H groups in total. The summed E-state index contributed by atoms with van der Waals surface area (Å²) in [6.07, 6.45) is 2.30. The third-order valence-corrected chi connectivity index (χ3v) is 6.41. The van der Waals surface area contributed by atoms with Gasteiger partial charge in [0, 0.05) is 5.75 Å². The standard InChI is InChI=1S/C17H18N4OS3/c1-3-4-10-23-17-21-20-16(25-17)19-15(22)13-14(24-11(2)18-13)12-8-6-5-7-9-12/h5-9H,3-4,10H2,1-2H3,(H,19,20,22). The molecule has 5 nitrogen and oxygen atoms in total. The lowest BCUT2D eigenvalue weighted by Crippen LogP contribution is -2.13. The molecule has 8 heteroatoms. The van der Waals surface area contributed by atoms with E-state index in [4.69, 9.17) is 0 Å². The van der Waals surface area contributed by atoms with E-state index < -0.39 is 0 Å². The van der Waals surface area contributed by atoms with Gasteiger partial charge in [0.2, 0.25) is 5.13 Å². The van der Waals surface area contributed by atoms with Gasteiger partial charge in [-0.25, -0.2) is 4.98 Å². The number of amides is 1. The fourth-order valence-electron chi connectivity index (χ4n) is 2.14. The van der Waals surface area contributed by atoms with Crippen molar-refractivity contribution in [2.45, 2.75) is 31.0 Å². The molecule has 0 bridgehead atoms. The Hall–Kier alpha value is -1.77. The third-order valence-electron chi connectivity index (χ3n) is 3.34. The fourth-order valence-corrected chi connectivity index (χ4v) is 4.97. The average Bonchev–Trinajstić information content (AvgIpc) is 3.22. The molecule has 0 aliphatic rings. The van der Waals surface area contributed by atoms with Gasteiger partial charge in [0.15, 0.2) is 4.34 Å². The van der Waals surface area contributed by atoms with Crippen molar-refractivity contribution < 1.29 is 4.79 Å². The van der Waals surface area contributed by atoms with Crippen LogP contribution in [0.15, 0.2) is 34.7 Å². The second kappa shape index (κ2) is 8.55. The molecule has 2 heterocycles. The Bertz CT molecular complexity index is 845. The molecule has 0 spiro atoms. The zero-order valence-electron chi connectivity index (χ0n) is 14.0. The Morgan fingerprint density at radius 1 is 1.20 bits per heavy atom. The van der Waals surface area contributed by atoms with Gasteiger partial charge in [-0.15, -0.1) is 21.5 Å². The highest BCUT2D eigenvalue weighted by Crippen LogP contribution is 2.31. The van der Waals surface area contributed by atoms with Gasteiger partial charge in [0.05, 0.1) is 9.88 Å². The van der Waals surface area contributed by atoms with Crippen molar-refractivity contribution in [3.8, 4) is 10.4 Å². The first-order valence-corrected chi connectivity index (χ1v) is 10.6. The van der Waals surface area contributed by atoms with Crippen LogP contribution in [0.4, 0.5) is 5.13 Å². The zero-order chi connectivity index (χ0) is 17.6. The Kier molecular flexibility index (Phi) is 6.17. The van der Waals surface area contributed by atoms with Gasteiger partial charge >= 0.3 is 0 Å². The lowest BCUT2D eigenvalue weighted by molar-refractivity contribution is 0.102. The van der Waals surface area contributed by atoms with Gasteiger partial charge in [0.25, 0.3) is 5.91 Å². The summed E-state index contributed by atoms with van der Waals surface area (Å²) >= 11 is 4.59. The minimum Gasteiger partial charge on any atom is -0.295 e.